The van der Waals surface area contributed by atoms with E-state index in [1.54, 1.807) is 22.7 Å². The molecular formula is C41H26N4S2. The normalized spacial score (nSPS) is 12.9. The number of benzene rings is 4. The Bertz CT molecular complexity index is 2180. The van der Waals surface area contributed by atoms with Gasteiger partial charge in [-0.1, -0.05) is 84.9 Å². The van der Waals surface area contributed by atoms with E-state index in [1.807, 2.05) is 47.9 Å². The van der Waals surface area contributed by atoms with Crippen molar-refractivity contribution in [1.82, 2.24) is 19.9 Å². The maximum absolute atomic E-state index is 4.63. The predicted octanol–water partition coefficient (Wildman–Crippen LogP) is 10.4. The summed E-state index contributed by atoms with van der Waals surface area (Å²) in [4.78, 5) is 18.3. The molecule has 0 spiro atoms. The third-order valence-electron chi connectivity index (χ3n) is 9.05. The van der Waals surface area contributed by atoms with Gasteiger partial charge in [0.2, 0.25) is 0 Å². The van der Waals surface area contributed by atoms with Crippen LogP contribution in [0.2, 0.25) is 0 Å². The van der Waals surface area contributed by atoms with Gasteiger partial charge >= 0.3 is 0 Å². The maximum atomic E-state index is 4.63. The second-order valence-electron chi connectivity index (χ2n) is 11.6. The standard InChI is InChI=1S/C41H26N4S2/c1-3-7-33(8-4-1)41(34-9-5-2-6-10-34)37-21-27(29-19-31(25-42-23-29)39-44-15-17-46-39)11-13-35(37)36-14-12-28(22-38(36)41)30-20-32(26-43-24-30)40-45-16-18-47-40/h1-26H. The summed E-state index contributed by atoms with van der Waals surface area (Å²) in [6.07, 6.45) is 11.4. The fourth-order valence-electron chi connectivity index (χ4n) is 7.01. The van der Waals surface area contributed by atoms with E-state index in [-0.39, 0.29) is 0 Å². The Morgan fingerprint density at radius 1 is 0.426 bits per heavy atom. The highest BCUT2D eigenvalue weighted by atomic mass is 32.1. The van der Waals surface area contributed by atoms with E-state index in [0.717, 1.165) is 43.4 Å². The first-order valence-electron chi connectivity index (χ1n) is 15.4. The van der Waals surface area contributed by atoms with E-state index < -0.39 is 5.41 Å². The third-order valence-corrected chi connectivity index (χ3v) is 10.7. The molecule has 0 N–H and O–H groups in total. The van der Waals surface area contributed by atoms with Gasteiger partial charge in [0, 0.05) is 70.2 Å². The van der Waals surface area contributed by atoms with Crippen molar-refractivity contribution >= 4 is 22.7 Å². The van der Waals surface area contributed by atoms with Gasteiger partial charge in [0.1, 0.15) is 10.0 Å². The molecule has 0 saturated heterocycles. The highest BCUT2D eigenvalue weighted by Gasteiger charge is 2.46. The number of aromatic nitrogens is 4. The average molecular weight is 639 g/mol. The molecule has 0 amide bonds. The molecule has 0 atom stereocenters. The van der Waals surface area contributed by atoms with Crippen LogP contribution in [0, 0.1) is 0 Å². The van der Waals surface area contributed by atoms with Crippen molar-refractivity contribution in [3.63, 3.8) is 0 Å². The van der Waals surface area contributed by atoms with Gasteiger partial charge in [0.25, 0.3) is 0 Å². The molecule has 0 aliphatic heterocycles. The number of rotatable bonds is 6. The molecule has 222 valence electrons. The summed E-state index contributed by atoms with van der Waals surface area (Å²) in [5.41, 5.74) is 13.3. The van der Waals surface area contributed by atoms with Gasteiger partial charge < -0.3 is 0 Å². The van der Waals surface area contributed by atoms with E-state index in [1.165, 1.54) is 33.4 Å². The van der Waals surface area contributed by atoms with E-state index >= 15 is 0 Å². The minimum atomic E-state index is -0.542. The SMILES string of the molecule is c1ccc(C2(c3ccccc3)c3cc(-c4cncc(-c5nccs5)c4)ccc3-c3ccc(-c4cncc(-c5nccs5)c4)cc32)cc1. The summed E-state index contributed by atoms with van der Waals surface area (Å²) in [6.45, 7) is 0. The number of hydrogen-bond acceptors (Lipinski definition) is 6. The summed E-state index contributed by atoms with van der Waals surface area (Å²) in [5, 5.41) is 5.94. The van der Waals surface area contributed by atoms with Crippen molar-refractivity contribution in [1.29, 1.82) is 0 Å². The molecule has 1 aliphatic carbocycles. The summed E-state index contributed by atoms with van der Waals surface area (Å²) in [5.74, 6) is 0. The number of fused-ring (bicyclic) bond motifs is 3. The van der Waals surface area contributed by atoms with Gasteiger partial charge in [-0.25, -0.2) is 9.97 Å². The molecule has 0 radical (unpaired) electrons. The first-order chi connectivity index (χ1) is 23.3. The van der Waals surface area contributed by atoms with Crippen molar-refractivity contribution in [2.75, 3.05) is 0 Å². The summed E-state index contributed by atoms with van der Waals surface area (Å²) < 4.78 is 0. The molecule has 4 nitrogen and oxygen atoms in total. The monoisotopic (exact) mass is 638 g/mol. The van der Waals surface area contributed by atoms with Crippen LogP contribution in [-0.4, -0.2) is 19.9 Å². The molecule has 0 bridgehead atoms. The van der Waals surface area contributed by atoms with Crippen LogP contribution in [0.15, 0.2) is 157 Å². The fraction of sp³-hybridized carbons (Fsp3) is 0.0244. The van der Waals surface area contributed by atoms with Gasteiger partial charge in [-0.05, 0) is 68.8 Å². The number of hydrogen-bond donors (Lipinski definition) is 0. The molecule has 4 heterocycles. The first-order valence-corrected chi connectivity index (χ1v) is 17.2. The molecule has 0 saturated carbocycles. The van der Waals surface area contributed by atoms with E-state index in [2.05, 4.69) is 129 Å². The smallest absolute Gasteiger partial charge is 0.124 e. The number of pyridine rings is 2. The largest absolute Gasteiger partial charge is 0.263 e. The maximum Gasteiger partial charge on any atom is 0.124 e. The minimum absolute atomic E-state index is 0.542. The Balaban J connectivity index is 1.29. The lowest BCUT2D eigenvalue weighted by Gasteiger charge is -2.34. The Labute approximate surface area is 280 Å². The average Bonchev–Trinajstić information content (AvgIpc) is 3.93. The molecule has 6 heteroatoms. The molecule has 0 unspecified atom stereocenters. The predicted molar refractivity (Wildman–Crippen MR) is 192 cm³/mol. The van der Waals surface area contributed by atoms with Crippen molar-refractivity contribution in [3.8, 4) is 54.5 Å². The summed E-state index contributed by atoms with van der Waals surface area (Å²) in [6, 6.07) is 40.0. The van der Waals surface area contributed by atoms with Crippen LogP contribution in [0.5, 0.6) is 0 Å². The van der Waals surface area contributed by atoms with Crippen LogP contribution in [0.1, 0.15) is 22.3 Å². The zero-order chi connectivity index (χ0) is 31.2. The molecular weight excluding hydrogens is 613 g/mol. The topological polar surface area (TPSA) is 51.6 Å². The Morgan fingerprint density at radius 2 is 0.872 bits per heavy atom. The number of thiazole rings is 2. The number of nitrogens with zero attached hydrogens (tertiary/aromatic N) is 4. The van der Waals surface area contributed by atoms with Crippen molar-refractivity contribution in [3.05, 3.63) is 179 Å². The molecule has 47 heavy (non-hydrogen) atoms. The lowest BCUT2D eigenvalue weighted by atomic mass is 9.67. The van der Waals surface area contributed by atoms with E-state index in [0.29, 0.717) is 0 Å². The van der Waals surface area contributed by atoms with Crippen LogP contribution in [0.25, 0.3) is 54.5 Å². The fourth-order valence-corrected chi connectivity index (χ4v) is 8.25. The van der Waals surface area contributed by atoms with Crippen LogP contribution in [0.3, 0.4) is 0 Å². The summed E-state index contributed by atoms with van der Waals surface area (Å²) in [7, 11) is 0. The van der Waals surface area contributed by atoms with E-state index in [9.17, 15) is 0 Å². The van der Waals surface area contributed by atoms with Crippen LogP contribution in [0.4, 0.5) is 0 Å². The van der Waals surface area contributed by atoms with Crippen molar-refractivity contribution in [2.45, 2.75) is 5.41 Å². The van der Waals surface area contributed by atoms with Gasteiger partial charge in [0.15, 0.2) is 0 Å². The third kappa shape index (κ3) is 4.56. The summed E-state index contributed by atoms with van der Waals surface area (Å²) >= 11 is 3.25. The quantitative estimate of drug-likeness (QED) is 0.182. The van der Waals surface area contributed by atoms with Gasteiger partial charge in [-0.3, -0.25) is 9.97 Å². The van der Waals surface area contributed by atoms with E-state index in [4.69, 9.17) is 0 Å². The molecule has 9 rings (SSSR count). The van der Waals surface area contributed by atoms with Crippen LogP contribution < -0.4 is 0 Å². The Kier molecular flexibility index (Phi) is 6.70. The molecule has 8 aromatic rings. The lowest BCUT2D eigenvalue weighted by molar-refractivity contribution is 0.769. The zero-order valence-electron chi connectivity index (χ0n) is 25.1. The van der Waals surface area contributed by atoms with Gasteiger partial charge in [0.05, 0.1) is 5.41 Å². The minimum Gasteiger partial charge on any atom is -0.263 e. The molecule has 4 aromatic heterocycles. The Morgan fingerprint density at radius 3 is 1.30 bits per heavy atom. The van der Waals surface area contributed by atoms with Gasteiger partial charge in [-0.15, -0.1) is 22.7 Å². The second-order valence-corrected chi connectivity index (χ2v) is 13.4. The van der Waals surface area contributed by atoms with Crippen molar-refractivity contribution in [2.24, 2.45) is 0 Å². The molecule has 0 fully saturated rings. The first kappa shape index (κ1) is 27.7. The molecule has 4 aromatic carbocycles. The van der Waals surface area contributed by atoms with Crippen molar-refractivity contribution < 1.29 is 0 Å². The Hall–Kier alpha value is -5.56. The second kappa shape index (κ2) is 11.4. The highest BCUT2D eigenvalue weighted by Crippen LogP contribution is 2.57. The van der Waals surface area contributed by atoms with Crippen LogP contribution >= 0.6 is 22.7 Å². The molecule has 1 aliphatic rings. The lowest BCUT2D eigenvalue weighted by Crippen LogP contribution is -2.28. The van der Waals surface area contributed by atoms with Crippen LogP contribution in [-0.2, 0) is 5.41 Å². The van der Waals surface area contributed by atoms with Gasteiger partial charge in [-0.2, -0.15) is 0 Å². The highest BCUT2D eigenvalue weighted by molar-refractivity contribution is 7.13. The zero-order valence-corrected chi connectivity index (χ0v) is 26.7.